The van der Waals surface area contributed by atoms with Crippen LogP contribution in [0.4, 0.5) is 22.0 Å². The third kappa shape index (κ3) is 5.01. The Hall–Kier alpha value is -0.0400. The molecular formula is C8H13F5OS. The Balaban J connectivity index is 3.95. The minimum absolute atomic E-state index is 0.0997. The van der Waals surface area contributed by atoms with Crippen LogP contribution in [0.25, 0.3) is 0 Å². The Labute approximate surface area is 90.4 Å². The Morgan fingerprint density at radius 2 is 1.73 bits per heavy atom. The monoisotopic (exact) mass is 252 g/mol. The van der Waals surface area contributed by atoms with Gasteiger partial charge in [-0.2, -0.15) is 34.6 Å². The molecule has 0 aromatic rings. The molecule has 0 saturated heterocycles. The van der Waals surface area contributed by atoms with Crippen molar-refractivity contribution in [3.05, 3.63) is 0 Å². The van der Waals surface area contributed by atoms with Crippen LogP contribution in [0.5, 0.6) is 0 Å². The summed E-state index contributed by atoms with van der Waals surface area (Å²) >= 11 is 3.91. The van der Waals surface area contributed by atoms with Crippen LogP contribution in [0.15, 0.2) is 0 Å². The fourth-order valence-electron chi connectivity index (χ4n) is 0.735. The van der Waals surface area contributed by atoms with Crippen LogP contribution >= 0.6 is 12.6 Å². The molecule has 0 bridgehead atoms. The highest BCUT2D eigenvalue weighted by Crippen LogP contribution is 2.35. The van der Waals surface area contributed by atoms with E-state index >= 15 is 0 Å². The SMILES string of the molecule is CCC(CS)COCC(F)(F)C(F)(F)F. The first kappa shape index (κ1) is 15.0. The molecule has 0 aliphatic rings. The Bertz CT molecular complexity index is 178. The van der Waals surface area contributed by atoms with Gasteiger partial charge in [-0.1, -0.05) is 13.3 Å². The van der Waals surface area contributed by atoms with Crippen molar-refractivity contribution in [1.29, 1.82) is 0 Å². The van der Waals surface area contributed by atoms with Gasteiger partial charge in [0.1, 0.15) is 6.61 Å². The standard InChI is InChI=1S/C8H13F5OS/c1-2-6(4-15)3-14-5-7(9,10)8(11,12)13/h6,15H,2-5H2,1H3. The summed E-state index contributed by atoms with van der Waals surface area (Å²) in [5.74, 6) is -4.48. The average Bonchev–Trinajstić information content (AvgIpc) is 2.10. The van der Waals surface area contributed by atoms with E-state index in [1.807, 2.05) is 0 Å². The van der Waals surface area contributed by atoms with Gasteiger partial charge in [-0.3, -0.25) is 0 Å². The van der Waals surface area contributed by atoms with Crippen LogP contribution < -0.4 is 0 Å². The van der Waals surface area contributed by atoms with Crippen LogP contribution in [0, 0.1) is 5.92 Å². The fraction of sp³-hybridized carbons (Fsp3) is 1.00. The maximum atomic E-state index is 12.3. The van der Waals surface area contributed by atoms with Gasteiger partial charge in [0.05, 0.1) is 6.61 Å². The van der Waals surface area contributed by atoms with E-state index in [-0.39, 0.29) is 12.5 Å². The van der Waals surface area contributed by atoms with Gasteiger partial charge >= 0.3 is 12.1 Å². The summed E-state index contributed by atoms with van der Waals surface area (Å²) in [6.07, 6.45) is -4.92. The number of hydrogen-bond acceptors (Lipinski definition) is 2. The van der Waals surface area contributed by atoms with Gasteiger partial charge in [-0.25, -0.2) is 0 Å². The minimum Gasteiger partial charge on any atom is -0.374 e. The third-order valence-electron chi connectivity index (χ3n) is 1.89. The van der Waals surface area contributed by atoms with Crippen molar-refractivity contribution >= 4 is 12.6 Å². The molecule has 1 atom stereocenters. The molecule has 0 radical (unpaired) electrons. The van der Waals surface area contributed by atoms with E-state index in [2.05, 4.69) is 17.4 Å². The molecule has 0 rings (SSSR count). The highest BCUT2D eigenvalue weighted by molar-refractivity contribution is 7.80. The van der Waals surface area contributed by atoms with Gasteiger partial charge in [0, 0.05) is 0 Å². The largest absolute Gasteiger partial charge is 0.455 e. The zero-order valence-electron chi connectivity index (χ0n) is 8.15. The molecule has 1 unspecified atom stereocenters. The predicted molar refractivity (Wildman–Crippen MR) is 49.5 cm³/mol. The molecule has 0 spiro atoms. The highest BCUT2D eigenvalue weighted by Gasteiger charge is 2.57. The third-order valence-corrected chi connectivity index (χ3v) is 2.40. The molecule has 0 amide bonds. The average molecular weight is 252 g/mol. The summed E-state index contributed by atoms with van der Waals surface area (Å²) in [4.78, 5) is 0. The van der Waals surface area contributed by atoms with Crippen molar-refractivity contribution in [2.24, 2.45) is 5.92 Å². The second-order valence-electron chi connectivity index (χ2n) is 3.17. The van der Waals surface area contributed by atoms with Gasteiger partial charge in [-0.15, -0.1) is 0 Å². The zero-order valence-corrected chi connectivity index (χ0v) is 9.05. The van der Waals surface area contributed by atoms with E-state index in [0.717, 1.165) is 0 Å². The number of alkyl halides is 5. The van der Waals surface area contributed by atoms with E-state index in [0.29, 0.717) is 12.2 Å². The topological polar surface area (TPSA) is 9.23 Å². The number of ether oxygens (including phenoxy) is 1. The van der Waals surface area contributed by atoms with E-state index in [9.17, 15) is 22.0 Å². The van der Waals surface area contributed by atoms with E-state index in [1.165, 1.54) is 0 Å². The number of hydrogen-bond donors (Lipinski definition) is 1. The maximum absolute atomic E-state index is 12.3. The van der Waals surface area contributed by atoms with Crippen molar-refractivity contribution in [2.45, 2.75) is 25.4 Å². The van der Waals surface area contributed by atoms with Crippen molar-refractivity contribution < 1.29 is 26.7 Å². The van der Waals surface area contributed by atoms with Gasteiger partial charge < -0.3 is 4.74 Å². The van der Waals surface area contributed by atoms with Crippen molar-refractivity contribution in [3.8, 4) is 0 Å². The lowest BCUT2D eigenvalue weighted by Crippen LogP contribution is -2.41. The van der Waals surface area contributed by atoms with Crippen LogP contribution in [-0.4, -0.2) is 31.1 Å². The van der Waals surface area contributed by atoms with Crippen molar-refractivity contribution in [1.82, 2.24) is 0 Å². The molecule has 0 N–H and O–H groups in total. The summed E-state index contributed by atoms with van der Waals surface area (Å²) in [5, 5.41) is 0. The maximum Gasteiger partial charge on any atom is 0.455 e. The Morgan fingerprint density at radius 1 is 1.20 bits per heavy atom. The van der Waals surface area contributed by atoms with E-state index in [1.54, 1.807) is 6.92 Å². The molecule has 0 aromatic heterocycles. The molecule has 0 aliphatic carbocycles. The van der Waals surface area contributed by atoms with Crippen LogP contribution in [0.2, 0.25) is 0 Å². The normalized spacial score (nSPS) is 15.4. The lowest BCUT2D eigenvalue weighted by Gasteiger charge is -2.20. The molecule has 0 fully saturated rings. The minimum atomic E-state index is -5.55. The predicted octanol–water partition coefficient (Wildman–Crippen LogP) is 3.16. The highest BCUT2D eigenvalue weighted by atomic mass is 32.1. The summed E-state index contributed by atoms with van der Waals surface area (Å²) in [6.45, 7) is 0.0264. The fourth-order valence-corrected chi connectivity index (χ4v) is 1.10. The smallest absolute Gasteiger partial charge is 0.374 e. The lowest BCUT2D eigenvalue weighted by molar-refractivity contribution is -0.297. The molecule has 0 heterocycles. The van der Waals surface area contributed by atoms with Gasteiger partial charge in [-0.05, 0) is 11.7 Å². The summed E-state index contributed by atoms with van der Waals surface area (Å²) in [7, 11) is 0. The lowest BCUT2D eigenvalue weighted by atomic mass is 10.1. The molecule has 0 saturated carbocycles. The second kappa shape index (κ2) is 5.89. The van der Waals surface area contributed by atoms with Crippen molar-refractivity contribution in [2.75, 3.05) is 19.0 Å². The first-order valence-electron chi connectivity index (χ1n) is 4.37. The zero-order chi connectivity index (χ0) is 12.1. The van der Waals surface area contributed by atoms with Gasteiger partial charge in [0.2, 0.25) is 0 Å². The second-order valence-corrected chi connectivity index (χ2v) is 3.54. The molecule has 1 nitrogen and oxygen atoms in total. The van der Waals surface area contributed by atoms with Crippen LogP contribution in [0.1, 0.15) is 13.3 Å². The van der Waals surface area contributed by atoms with E-state index < -0.39 is 18.7 Å². The Kier molecular flexibility index (Phi) is 5.87. The molecule has 15 heavy (non-hydrogen) atoms. The number of rotatable bonds is 6. The summed E-state index contributed by atoms with van der Waals surface area (Å²) in [5.41, 5.74) is 0. The number of halogens is 5. The quantitative estimate of drug-likeness (QED) is 0.564. The molecular weight excluding hydrogens is 239 g/mol. The summed E-state index contributed by atoms with van der Waals surface area (Å²) in [6, 6.07) is 0. The molecule has 0 aromatic carbocycles. The van der Waals surface area contributed by atoms with Gasteiger partial charge in [0.15, 0.2) is 0 Å². The van der Waals surface area contributed by atoms with Crippen LogP contribution in [0.3, 0.4) is 0 Å². The van der Waals surface area contributed by atoms with Crippen LogP contribution in [-0.2, 0) is 4.74 Å². The first-order chi connectivity index (χ1) is 6.74. The van der Waals surface area contributed by atoms with Gasteiger partial charge in [0.25, 0.3) is 0 Å². The molecule has 0 aliphatic heterocycles. The Morgan fingerprint density at radius 3 is 2.07 bits per heavy atom. The molecule has 7 heteroatoms. The van der Waals surface area contributed by atoms with Crippen molar-refractivity contribution in [3.63, 3.8) is 0 Å². The summed E-state index contributed by atoms with van der Waals surface area (Å²) < 4.78 is 64.0. The first-order valence-corrected chi connectivity index (χ1v) is 5.01. The van der Waals surface area contributed by atoms with E-state index in [4.69, 9.17) is 0 Å². The molecule has 92 valence electrons. The number of thiol groups is 1.